The molecule has 3 rings (SSSR count). The van der Waals surface area contributed by atoms with Crippen LogP contribution in [0.2, 0.25) is 0 Å². The average molecular weight is 439 g/mol. The Hall–Kier alpha value is -3.26. The van der Waals surface area contributed by atoms with E-state index in [0.717, 1.165) is 24.3 Å². The topological polar surface area (TPSA) is 200 Å². The van der Waals surface area contributed by atoms with Gasteiger partial charge in [0.15, 0.2) is 5.75 Å². The molecule has 0 fully saturated rings. The van der Waals surface area contributed by atoms with Crippen molar-refractivity contribution in [3.63, 3.8) is 0 Å². The Labute approximate surface area is 164 Å². The van der Waals surface area contributed by atoms with Crippen molar-refractivity contribution in [2.24, 2.45) is 10.2 Å². The van der Waals surface area contributed by atoms with Crippen LogP contribution in [0.25, 0.3) is 10.8 Å². The number of nitrogens with zero attached hydrogens (tertiary/aromatic N) is 2. The molecule has 0 heterocycles. The summed E-state index contributed by atoms with van der Waals surface area (Å²) < 4.78 is 64.4. The molecule has 11 nitrogen and oxygen atoms in total. The Morgan fingerprint density at radius 3 is 2.10 bits per heavy atom. The number of phenols is 2. The summed E-state index contributed by atoms with van der Waals surface area (Å²) in [6, 6.07) is 7.83. The number of phenolic OH excluding ortho intramolecular Hbond substituents is 2. The molecule has 3 aromatic rings. The summed E-state index contributed by atoms with van der Waals surface area (Å²) in [7, 11) is -9.53. The number of aromatic hydroxyl groups is 2. The highest BCUT2D eigenvalue weighted by Crippen LogP contribution is 2.42. The summed E-state index contributed by atoms with van der Waals surface area (Å²) in [6.07, 6.45) is 0. The van der Waals surface area contributed by atoms with E-state index in [9.17, 15) is 36.2 Å². The van der Waals surface area contributed by atoms with Crippen molar-refractivity contribution in [2.45, 2.75) is 9.79 Å². The molecular weight excluding hydrogens is 426 g/mol. The van der Waals surface area contributed by atoms with E-state index in [-0.39, 0.29) is 27.9 Å². The molecule has 0 aliphatic carbocycles. The lowest BCUT2D eigenvalue weighted by atomic mass is 10.1. The first-order chi connectivity index (χ1) is 13.4. The van der Waals surface area contributed by atoms with Crippen LogP contribution in [0, 0.1) is 0 Å². The molecule has 0 saturated carbocycles. The van der Waals surface area contributed by atoms with Crippen molar-refractivity contribution >= 4 is 48.1 Å². The molecule has 0 aromatic heterocycles. The second-order valence-corrected chi connectivity index (χ2v) is 8.66. The second-order valence-electron chi connectivity index (χ2n) is 5.85. The number of rotatable bonds is 4. The predicted molar refractivity (Wildman–Crippen MR) is 102 cm³/mol. The van der Waals surface area contributed by atoms with Gasteiger partial charge in [-0.3, -0.25) is 9.11 Å². The Kier molecular flexibility index (Phi) is 4.92. The van der Waals surface area contributed by atoms with Crippen LogP contribution in [0.4, 0.5) is 17.1 Å². The van der Waals surface area contributed by atoms with Crippen LogP contribution < -0.4 is 5.73 Å². The first kappa shape index (κ1) is 20.5. The fourth-order valence-electron chi connectivity index (χ4n) is 2.52. The smallest absolute Gasteiger partial charge is 0.298 e. The summed E-state index contributed by atoms with van der Waals surface area (Å²) in [6.45, 7) is 0. The van der Waals surface area contributed by atoms with Crippen molar-refractivity contribution in [1.29, 1.82) is 0 Å². The number of nitrogens with two attached hydrogens (primary N) is 1. The van der Waals surface area contributed by atoms with Gasteiger partial charge in [0.1, 0.15) is 22.0 Å². The fraction of sp³-hybridized carbons (Fsp3) is 0. The lowest BCUT2D eigenvalue weighted by Crippen LogP contribution is -2.00. The first-order valence-corrected chi connectivity index (χ1v) is 10.5. The third-order valence-electron chi connectivity index (χ3n) is 3.86. The van der Waals surface area contributed by atoms with Gasteiger partial charge in [-0.15, -0.1) is 10.2 Å². The van der Waals surface area contributed by atoms with Crippen LogP contribution in [0.15, 0.2) is 62.5 Å². The maximum Gasteiger partial charge on any atom is 0.298 e. The van der Waals surface area contributed by atoms with Crippen LogP contribution in [0.1, 0.15) is 0 Å². The minimum Gasteiger partial charge on any atom is -0.506 e. The molecule has 0 saturated heterocycles. The quantitative estimate of drug-likeness (QED) is 0.230. The number of azo groups is 1. The normalized spacial score (nSPS) is 12.6. The minimum absolute atomic E-state index is 0.0565. The Morgan fingerprint density at radius 2 is 1.52 bits per heavy atom. The van der Waals surface area contributed by atoms with Gasteiger partial charge < -0.3 is 15.9 Å². The molecule has 0 spiro atoms. The summed E-state index contributed by atoms with van der Waals surface area (Å²) in [5, 5.41) is 27.6. The number of anilines is 1. The van der Waals surface area contributed by atoms with Crippen LogP contribution in [0.5, 0.6) is 11.5 Å². The van der Waals surface area contributed by atoms with Gasteiger partial charge in [-0.05, 0) is 35.7 Å². The molecule has 6 N–H and O–H groups in total. The van der Waals surface area contributed by atoms with Crippen molar-refractivity contribution in [2.75, 3.05) is 5.73 Å². The van der Waals surface area contributed by atoms with Gasteiger partial charge in [0.05, 0.1) is 4.90 Å². The lowest BCUT2D eigenvalue weighted by Gasteiger charge is -2.09. The SMILES string of the molecule is Nc1ccc(N=Nc2c(O)c(S(=O)(=O)O)cc3cc(S(=O)(=O)O)ccc23)c(O)c1. The Morgan fingerprint density at radius 1 is 0.828 bits per heavy atom. The zero-order chi connectivity index (χ0) is 21.6. The molecule has 0 aliphatic rings. The molecule has 0 aliphatic heterocycles. The largest absolute Gasteiger partial charge is 0.506 e. The fourth-order valence-corrected chi connectivity index (χ4v) is 3.65. The molecule has 0 unspecified atom stereocenters. The van der Waals surface area contributed by atoms with Crippen LogP contribution >= 0.6 is 0 Å². The van der Waals surface area contributed by atoms with Crippen molar-refractivity contribution in [1.82, 2.24) is 0 Å². The summed E-state index contributed by atoms with van der Waals surface area (Å²) in [4.78, 5) is -1.50. The van der Waals surface area contributed by atoms with Crippen LogP contribution in [0.3, 0.4) is 0 Å². The highest BCUT2D eigenvalue weighted by Gasteiger charge is 2.23. The Balaban J connectivity index is 2.31. The van der Waals surface area contributed by atoms with Crippen molar-refractivity contribution in [3.8, 4) is 11.5 Å². The second kappa shape index (κ2) is 6.97. The van der Waals surface area contributed by atoms with E-state index in [1.54, 1.807) is 0 Å². The molecule has 0 bridgehead atoms. The van der Waals surface area contributed by atoms with E-state index < -0.39 is 41.5 Å². The molecule has 0 atom stereocenters. The monoisotopic (exact) mass is 439 g/mol. The molecular formula is C16H13N3O8S2. The predicted octanol–water partition coefficient (Wildman–Crippen LogP) is 2.74. The molecule has 0 amide bonds. The van der Waals surface area contributed by atoms with Gasteiger partial charge in [-0.2, -0.15) is 16.8 Å². The molecule has 29 heavy (non-hydrogen) atoms. The minimum atomic E-state index is -4.92. The number of hydrogen-bond acceptors (Lipinski definition) is 9. The van der Waals surface area contributed by atoms with Gasteiger partial charge in [-0.25, -0.2) is 0 Å². The maximum atomic E-state index is 11.6. The van der Waals surface area contributed by atoms with E-state index in [1.165, 1.54) is 18.2 Å². The highest BCUT2D eigenvalue weighted by molar-refractivity contribution is 7.86. The molecule has 3 aromatic carbocycles. The Bertz CT molecular complexity index is 1380. The van der Waals surface area contributed by atoms with Crippen molar-refractivity contribution in [3.05, 3.63) is 42.5 Å². The van der Waals surface area contributed by atoms with Gasteiger partial charge >= 0.3 is 0 Å². The number of nitrogen functional groups attached to an aromatic ring is 1. The average Bonchev–Trinajstić information content (AvgIpc) is 2.59. The highest BCUT2D eigenvalue weighted by atomic mass is 32.2. The number of hydrogen-bond donors (Lipinski definition) is 5. The first-order valence-electron chi connectivity index (χ1n) is 7.63. The summed E-state index contributed by atoms with van der Waals surface area (Å²) >= 11 is 0. The van der Waals surface area contributed by atoms with E-state index in [2.05, 4.69) is 10.2 Å². The van der Waals surface area contributed by atoms with Crippen LogP contribution in [-0.4, -0.2) is 36.2 Å². The van der Waals surface area contributed by atoms with E-state index in [1.807, 2.05) is 0 Å². The summed E-state index contributed by atoms with van der Waals surface area (Å²) in [5.41, 5.74) is 5.28. The summed E-state index contributed by atoms with van der Waals surface area (Å²) in [5.74, 6) is -1.28. The van der Waals surface area contributed by atoms with Gasteiger partial charge in [0.2, 0.25) is 0 Å². The lowest BCUT2D eigenvalue weighted by molar-refractivity contribution is 0.445. The third kappa shape index (κ3) is 4.12. The number of fused-ring (bicyclic) bond motifs is 1. The maximum absolute atomic E-state index is 11.6. The van der Waals surface area contributed by atoms with Gasteiger partial charge in [-0.1, -0.05) is 6.07 Å². The van der Waals surface area contributed by atoms with Crippen LogP contribution in [-0.2, 0) is 20.2 Å². The van der Waals surface area contributed by atoms with Gasteiger partial charge in [0.25, 0.3) is 20.2 Å². The standard InChI is InChI=1S/C16H13N3O8S2/c17-9-1-4-12(13(20)7-9)18-19-15-11-3-2-10(28(22,23)24)5-8(11)6-14(16(15)21)29(25,26)27/h1-7,20-21H,17H2,(H,22,23,24)(H,25,26,27). The molecule has 152 valence electrons. The van der Waals surface area contributed by atoms with Crippen molar-refractivity contribution < 1.29 is 36.2 Å². The van der Waals surface area contributed by atoms with E-state index in [0.29, 0.717) is 0 Å². The van der Waals surface area contributed by atoms with Gasteiger partial charge in [0, 0.05) is 17.1 Å². The zero-order valence-electron chi connectivity index (χ0n) is 14.3. The van der Waals surface area contributed by atoms with E-state index in [4.69, 9.17) is 5.73 Å². The molecule has 13 heteroatoms. The molecule has 0 radical (unpaired) electrons. The van der Waals surface area contributed by atoms with E-state index >= 15 is 0 Å². The number of benzene rings is 3. The zero-order valence-corrected chi connectivity index (χ0v) is 15.9. The third-order valence-corrected chi connectivity index (χ3v) is 5.57.